The first-order valence-corrected chi connectivity index (χ1v) is 12.8. The van der Waals surface area contributed by atoms with Crippen LogP contribution in [0.3, 0.4) is 0 Å². The quantitative estimate of drug-likeness (QED) is 0.320. The first-order chi connectivity index (χ1) is 15.7. The molecule has 0 bridgehead atoms. The van der Waals surface area contributed by atoms with E-state index in [4.69, 9.17) is 5.73 Å². The fourth-order valence-electron chi connectivity index (χ4n) is 3.80. The maximum atomic E-state index is 13.7. The molecule has 7 heteroatoms. The summed E-state index contributed by atoms with van der Waals surface area (Å²) in [6.45, 7) is 5.86. The molecule has 1 aromatic heterocycles. The summed E-state index contributed by atoms with van der Waals surface area (Å²) in [5.74, 6) is 0. The van der Waals surface area contributed by atoms with E-state index in [2.05, 4.69) is 5.32 Å². The van der Waals surface area contributed by atoms with Crippen molar-refractivity contribution in [1.29, 1.82) is 0 Å². The normalized spacial score (nSPS) is 12.5. The lowest BCUT2D eigenvalue weighted by Crippen LogP contribution is -2.08. The van der Waals surface area contributed by atoms with Crippen molar-refractivity contribution in [3.05, 3.63) is 99.9 Å². The number of nitrogens with one attached hydrogen (secondary N) is 1. The lowest BCUT2D eigenvalue weighted by Gasteiger charge is -2.11. The van der Waals surface area contributed by atoms with Crippen molar-refractivity contribution in [2.45, 2.75) is 36.7 Å². The Morgan fingerprint density at radius 2 is 1.48 bits per heavy atom. The second-order valence-electron chi connectivity index (χ2n) is 8.17. The lowest BCUT2D eigenvalue weighted by molar-refractivity contribution is 0.224. The van der Waals surface area contributed by atoms with Crippen LogP contribution in [0.4, 0.5) is 16.4 Å². The average Bonchev–Trinajstić information content (AvgIpc) is 3.09. The Hall–Kier alpha value is -3.13. The molecular formula is C26H26N2O3S2. The van der Waals surface area contributed by atoms with Gasteiger partial charge >= 0.3 is 0 Å². The van der Waals surface area contributed by atoms with E-state index in [1.54, 1.807) is 36.4 Å². The highest BCUT2D eigenvalue weighted by atomic mass is 32.2. The molecule has 4 N–H and O–H groups in total. The van der Waals surface area contributed by atoms with E-state index in [0.29, 0.717) is 15.4 Å². The van der Waals surface area contributed by atoms with Crippen LogP contribution < -0.4 is 11.1 Å². The standard InChI is InChI=1S/C26H26N2O3S2/c1-16-9-11-21(12-10-16)33(30,31)25-22(27)24(23(29)19-7-5-4-6-8-19)32-26(25)28-20-14-17(2)13-18(3)15-20/h4-15,23,28-29H,27H2,1-3H3. The molecule has 3 aromatic carbocycles. The molecule has 0 aliphatic heterocycles. The van der Waals surface area contributed by atoms with Gasteiger partial charge in [0.2, 0.25) is 9.84 Å². The maximum Gasteiger partial charge on any atom is 0.211 e. The van der Waals surface area contributed by atoms with Gasteiger partial charge in [-0.1, -0.05) is 54.1 Å². The van der Waals surface area contributed by atoms with Gasteiger partial charge in [-0.15, -0.1) is 11.3 Å². The van der Waals surface area contributed by atoms with E-state index in [1.807, 2.05) is 57.2 Å². The van der Waals surface area contributed by atoms with Crippen molar-refractivity contribution in [3.63, 3.8) is 0 Å². The fraction of sp³-hybridized carbons (Fsp3) is 0.154. The molecule has 1 atom stereocenters. The number of aliphatic hydroxyl groups is 1. The van der Waals surface area contributed by atoms with E-state index in [-0.39, 0.29) is 15.5 Å². The molecule has 4 rings (SSSR count). The molecule has 33 heavy (non-hydrogen) atoms. The summed E-state index contributed by atoms with van der Waals surface area (Å²) in [4.78, 5) is 0.529. The molecule has 0 saturated heterocycles. The van der Waals surface area contributed by atoms with Crippen LogP contribution in [-0.4, -0.2) is 13.5 Å². The molecule has 0 amide bonds. The van der Waals surface area contributed by atoms with Crippen LogP contribution in [0, 0.1) is 20.8 Å². The summed E-state index contributed by atoms with van der Waals surface area (Å²) in [6.07, 6.45) is -1.04. The molecule has 0 spiro atoms. The molecule has 0 aliphatic rings. The number of hydrogen-bond donors (Lipinski definition) is 3. The predicted molar refractivity (Wildman–Crippen MR) is 135 cm³/mol. The number of benzene rings is 3. The fourth-order valence-corrected chi connectivity index (χ4v) is 6.79. The summed E-state index contributed by atoms with van der Waals surface area (Å²) in [6, 6.07) is 21.7. The minimum atomic E-state index is -3.94. The smallest absolute Gasteiger partial charge is 0.211 e. The molecule has 170 valence electrons. The van der Waals surface area contributed by atoms with Crippen molar-refractivity contribution in [2.24, 2.45) is 0 Å². The molecule has 1 unspecified atom stereocenters. The number of thiophene rings is 1. The Bertz CT molecular complexity index is 1370. The predicted octanol–water partition coefficient (Wildman–Crippen LogP) is 5.91. The van der Waals surface area contributed by atoms with Crippen LogP contribution in [0.1, 0.15) is 33.2 Å². The monoisotopic (exact) mass is 478 g/mol. The number of rotatable bonds is 6. The van der Waals surface area contributed by atoms with Gasteiger partial charge in [0.1, 0.15) is 16.0 Å². The zero-order valence-electron chi connectivity index (χ0n) is 18.7. The Kier molecular flexibility index (Phi) is 6.30. The van der Waals surface area contributed by atoms with Gasteiger partial charge < -0.3 is 16.2 Å². The summed E-state index contributed by atoms with van der Waals surface area (Å²) in [7, 11) is -3.94. The Morgan fingerprint density at radius 3 is 2.09 bits per heavy atom. The number of nitrogens with two attached hydrogens (primary N) is 1. The number of aliphatic hydroxyl groups excluding tert-OH is 1. The number of sulfone groups is 1. The molecule has 4 aromatic rings. The van der Waals surface area contributed by atoms with Gasteiger partial charge in [0.25, 0.3) is 0 Å². The molecule has 1 heterocycles. The molecule has 0 saturated carbocycles. The van der Waals surface area contributed by atoms with Gasteiger partial charge in [-0.05, 0) is 61.7 Å². The van der Waals surface area contributed by atoms with E-state index >= 15 is 0 Å². The summed E-state index contributed by atoms with van der Waals surface area (Å²) in [5, 5.41) is 14.7. The van der Waals surface area contributed by atoms with Crippen LogP contribution >= 0.6 is 11.3 Å². The number of anilines is 3. The van der Waals surface area contributed by atoms with Crippen molar-refractivity contribution >= 4 is 37.5 Å². The second-order valence-corrected chi connectivity index (χ2v) is 11.1. The van der Waals surface area contributed by atoms with Crippen LogP contribution in [0.15, 0.2) is 82.6 Å². The number of nitrogen functional groups attached to an aromatic ring is 1. The second kappa shape index (κ2) is 9.02. The Balaban J connectivity index is 1.89. The summed E-state index contributed by atoms with van der Waals surface area (Å²) in [5.41, 5.74) is 11.0. The van der Waals surface area contributed by atoms with Gasteiger partial charge in [-0.3, -0.25) is 0 Å². The zero-order valence-corrected chi connectivity index (χ0v) is 20.3. The first kappa shape index (κ1) is 23.0. The van der Waals surface area contributed by atoms with Crippen LogP contribution in [0.5, 0.6) is 0 Å². The zero-order chi connectivity index (χ0) is 23.8. The van der Waals surface area contributed by atoms with Crippen molar-refractivity contribution in [3.8, 4) is 0 Å². The largest absolute Gasteiger partial charge is 0.397 e. The minimum Gasteiger partial charge on any atom is -0.397 e. The third-order valence-corrected chi connectivity index (χ3v) is 8.53. The first-order valence-electron chi connectivity index (χ1n) is 10.5. The highest BCUT2D eigenvalue weighted by Gasteiger charge is 2.31. The number of aryl methyl sites for hydroxylation is 3. The van der Waals surface area contributed by atoms with Gasteiger partial charge in [-0.25, -0.2) is 8.42 Å². The SMILES string of the molecule is Cc1ccc(S(=O)(=O)c2c(Nc3cc(C)cc(C)c3)sc(C(O)c3ccccc3)c2N)cc1. The van der Waals surface area contributed by atoms with E-state index in [9.17, 15) is 13.5 Å². The summed E-state index contributed by atoms with van der Waals surface area (Å²) >= 11 is 1.16. The highest BCUT2D eigenvalue weighted by molar-refractivity contribution is 7.92. The van der Waals surface area contributed by atoms with Crippen LogP contribution in [0.2, 0.25) is 0 Å². The van der Waals surface area contributed by atoms with Gasteiger partial charge in [0.15, 0.2) is 0 Å². The van der Waals surface area contributed by atoms with Crippen LogP contribution in [-0.2, 0) is 9.84 Å². The van der Waals surface area contributed by atoms with E-state index in [1.165, 1.54) is 0 Å². The lowest BCUT2D eigenvalue weighted by atomic mass is 10.1. The van der Waals surface area contributed by atoms with Gasteiger partial charge in [0, 0.05) is 5.69 Å². The number of hydrogen-bond acceptors (Lipinski definition) is 6. The molecule has 0 aliphatic carbocycles. The summed E-state index contributed by atoms with van der Waals surface area (Å²) < 4.78 is 27.4. The van der Waals surface area contributed by atoms with E-state index < -0.39 is 15.9 Å². The Morgan fingerprint density at radius 1 is 0.879 bits per heavy atom. The van der Waals surface area contributed by atoms with Crippen molar-refractivity contribution < 1.29 is 13.5 Å². The van der Waals surface area contributed by atoms with Gasteiger partial charge in [0.05, 0.1) is 15.5 Å². The molecule has 0 radical (unpaired) electrons. The van der Waals surface area contributed by atoms with E-state index in [0.717, 1.165) is 33.7 Å². The molecular weight excluding hydrogens is 452 g/mol. The highest BCUT2D eigenvalue weighted by Crippen LogP contribution is 2.46. The van der Waals surface area contributed by atoms with Crippen LogP contribution in [0.25, 0.3) is 0 Å². The van der Waals surface area contributed by atoms with Crippen molar-refractivity contribution in [1.82, 2.24) is 0 Å². The molecule has 0 fully saturated rings. The average molecular weight is 479 g/mol. The topological polar surface area (TPSA) is 92.4 Å². The van der Waals surface area contributed by atoms with Crippen molar-refractivity contribution in [2.75, 3.05) is 11.1 Å². The third kappa shape index (κ3) is 4.66. The third-order valence-electron chi connectivity index (χ3n) is 5.37. The van der Waals surface area contributed by atoms with Gasteiger partial charge in [-0.2, -0.15) is 0 Å². The maximum absolute atomic E-state index is 13.7. The minimum absolute atomic E-state index is 0.0134. The Labute approximate surface area is 198 Å². The molecule has 5 nitrogen and oxygen atoms in total.